The number of halogens is 3. The summed E-state index contributed by atoms with van der Waals surface area (Å²) in [5.74, 6) is 0.0739. The second-order valence-electron chi connectivity index (χ2n) is 3.91. The van der Waals surface area contributed by atoms with Crippen LogP contribution in [0.15, 0.2) is 28.8 Å². The third-order valence-corrected chi connectivity index (χ3v) is 2.57. The highest BCUT2D eigenvalue weighted by Gasteiger charge is 2.39. The van der Waals surface area contributed by atoms with Gasteiger partial charge in [0, 0.05) is 17.7 Å². The molecule has 1 aromatic carbocycles. The minimum absolute atomic E-state index is 0.0739. The Labute approximate surface area is 101 Å². The van der Waals surface area contributed by atoms with Crippen molar-refractivity contribution in [2.75, 3.05) is 0 Å². The van der Waals surface area contributed by atoms with E-state index in [1.807, 2.05) is 6.92 Å². The Morgan fingerprint density at radius 3 is 2.33 bits per heavy atom. The van der Waals surface area contributed by atoms with Crippen molar-refractivity contribution in [3.8, 4) is 11.3 Å². The summed E-state index contributed by atoms with van der Waals surface area (Å²) in [5.41, 5.74) is 5.72. The number of alkyl halides is 3. The van der Waals surface area contributed by atoms with Crippen molar-refractivity contribution in [2.24, 2.45) is 5.73 Å². The number of aromatic nitrogens is 1. The molecular weight excluding hydrogens is 245 g/mol. The lowest BCUT2D eigenvalue weighted by molar-refractivity contribution is -0.143. The second-order valence-corrected chi connectivity index (χ2v) is 3.91. The highest BCUT2D eigenvalue weighted by molar-refractivity contribution is 5.62. The highest BCUT2D eigenvalue weighted by Crippen LogP contribution is 2.36. The van der Waals surface area contributed by atoms with Gasteiger partial charge < -0.3 is 10.3 Å². The molecule has 0 amide bonds. The topological polar surface area (TPSA) is 52.0 Å². The third-order valence-electron chi connectivity index (χ3n) is 2.57. The lowest BCUT2D eigenvalue weighted by Crippen LogP contribution is -2.11. The fourth-order valence-corrected chi connectivity index (χ4v) is 1.65. The Bertz CT molecular complexity index is 543. The maximum absolute atomic E-state index is 12.7. The van der Waals surface area contributed by atoms with Crippen LogP contribution >= 0.6 is 0 Å². The second kappa shape index (κ2) is 4.45. The Morgan fingerprint density at radius 2 is 1.83 bits per heavy atom. The molecule has 0 bridgehead atoms. The molecule has 2 aromatic rings. The van der Waals surface area contributed by atoms with Gasteiger partial charge in [0.15, 0.2) is 11.5 Å². The Morgan fingerprint density at radius 1 is 1.22 bits per heavy atom. The van der Waals surface area contributed by atoms with Gasteiger partial charge in [0.1, 0.15) is 0 Å². The molecule has 0 radical (unpaired) electrons. The third kappa shape index (κ3) is 2.24. The van der Waals surface area contributed by atoms with Gasteiger partial charge in [-0.2, -0.15) is 13.2 Å². The van der Waals surface area contributed by atoms with Crippen LogP contribution in [0.5, 0.6) is 0 Å². The first kappa shape index (κ1) is 12.6. The fourth-order valence-electron chi connectivity index (χ4n) is 1.65. The van der Waals surface area contributed by atoms with E-state index in [2.05, 4.69) is 5.16 Å². The smallest absolute Gasteiger partial charge is 0.355 e. The number of nitrogens with zero attached hydrogens (tertiary/aromatic N) is 1. The molecule has 0 aliphatic rings. The molecule has 18 heavy (non-hydrogen) atoms. The van der Waals surface area contributed by atoms with Gasteiger partial charge in [0.2, 0.25) is 0 Å². The van der Waals surface area contributed by atoms with Gasteiger partial charge in [0.25, 0.3) is 0 Å². The Balaban J connectivity index is 2.52. The van der Waals surface area contributed by atoms with E-state index in [-0.39, 0.29) is 17.9 Å². The molecule has 2 rings (SSSR count). The van der Waals surface area contributed by atoms with Crippen molar-refractivity contribution in [1.29, 1.82) is 0 Å². The Hall–Kier alpha value is -1.82. The van der Waals surface area contributed by atoms with E-state index < -0.39 is 11.9 Å². The van der Waals surface area contributed by atoms with Gasteiger partial charge in [-0.05, 0) is 6.92 Å². The minimum atomic E-state index is -4.55. The normalized spacial score (nSPS) is 11.8. The fraction of sp³-hybridized carbons (Fsp3) is 0.250. The largest absolute Gasteiger partial charge is 0.437 e. The number of benzene rings is 1. The molecule has 0 saturated carbocycles. The summed E-state index contributed by atoms with van der Waals surface area (Å²) in [4.78, 5) is 0. The summed E-state index contributed by atoms with van der Waals surface area (Å²) < 4.78 is 42.7. The lowest BCUT2D eigenvalue weighted by Gasteiger charge is -2.04. The first-order valence-corrected chi connectivity index (χ1v) is 5.26. The molecule has 0 unspecified atom stereocenters. The summed E-state index contributed by atoms with van der Waals surface area (Å²) in [6, 6.07) is 6.92. The molecule has 2 N–H and O–H groups in total. The molecule has 0 aliphatic heterocycles. The van der Waals surface area contributed by atoms with E-state index in [1.54, 1.807) is 24.3 Å². The van der Waals surface area contributed by atoms with Crippen molar-refractivity contribution < 1.29 is 17.7 Å². The molecule has 0 saturated heterocycles. The van der Waals surface area contributed by atoms with E-state index in [0.717, 1.165) is 5.56 Å². The summed E-state index contributed by atoms with van der Waals surface area (Å²) in [5, 5.41) is 3.08. The number of rotatable bonds is 2. The van der Waals surface area contributed by atoms with Crippen LogP contribution in [0.4, 0.5) is 13.2 Å². The predicted octanol–water partition coefficient (Wildman–Crippen LogP) is 3.13. The summed E-state index contributed by atoms with van der Waals surface area (Å²) in [6.45, 7) is 1.61. The summed E-state index contributed by atoms with van der Waals surface area (Å²) >= 11 is 0. The quantitative estimate of drug-likeness (QED) is 0.898. The average Bonchev–Trinajstić information content (AvgIpc) is 2.73. The lowest BCUT2D eigenvalue weighted by atomic mass is 10.1. The van der Waals surface area contributed by atoms with Crippen LogP contribution < -0.4 is 5.73 Å². The van der Waals surface area contributed by atoms with Crippen LogP contribution in [0.25, 0.3) is 11.3 Å². The van der Waals surface area contributed by atoms with Crippen molar-refractivity contribution in [2.45, 2.75) is 19.6 Å². The molecule has 1 heterocycles. The molecule has 0 spiro atoms. The monoisotopic (exact) mass is 256 g/mol. The van der Waals surface area contributed by atoms with Crippen LogP contribution in [0.2, 0.25) is 0 Å². The summed E-state index contributed by atoms with van der Waals surface area (Å²) in [7, 11) is 0. The molecule has 0 fully saturated rings. The first-order valence-electron chi connectivity index (χ1n) is 5.26. The SMILES string of the molecule is Cc1ccc(-c2onc(C(F)(F)F)c2CN)cc1. The van der Waals surface area contributed by atoms with E-state index in [4.69, 9.17) is 10.3 Å². The van der Waals surface area contributed by atoms with Crippen molar-refractivity contribution in [1.82, 2.24) is 5.16 Å². The number of hydrogen-bond donors (Lipinski definition) is 1. The van der Waals surface area contributed by atoms with E-state index in [0.29, 0.717) is 5.56 Å². The zero-order valence-electron chi connectivity index (χ0n) is 9.58. The maximum Gasteiger partial charge on any atom is 0.437 e. The van der Waals surface area contributed by atoms with Gasteiger partial charge in [-0.3, -0.25) is 0 Å². The van der Waals surface area contributed by atoms with Gasteiger partial charge in [-0.1, -0.05) is 35.0 Å². The van der Waals surface area contributed by atoms with Crippen LogP contribution in [-0.2, 0) is 12.7 Å². The number of aryl methyl sites for hydroxylation is 1. The predicted molar refractivity (Wildman–Crippen MR) is 59.6 cm³/mol. The molecule has 6 heteroatoms. The van der Waals surface area contributed by atoms with Crippen molar-refractivity contribution in [3.63, 3.8) is 0 Å². The zero-order chi connectivity index (χ0) is 13.3. The van der Waals surface area contributed by atoms with E-state index >= 15 is 0 Å². The van der Waals surface area contributed by atoms with Gasteiger partial charge in [-0.15, -0.1) is 0 Å². The van der Waals surface area contributed by atoms with Crippen LogP contribution in [0, 0.1) is 6.92 Å². The molecule has 0 atom stereocenters. The van der Waals surface area contributed by atoms with Crippen LogP contribution in [0.1, 0.15) is 16.8 Å². The standard InChI is InChI=1S/C12H11F3N2O/c1-7-2-4-8(5-3-7)10-9(6-16)11(17-18-10)12(13,14)15/h2-5H,6,16H2,1H3. The van der Waals surface area contributed by atoms with E-state index in [1.165, 1.54) is 0 Å². The highest BCUT2D eigenvalue weighted by atomic mass is 19.4. The number of nitrogens with two attached hydrogens (primary N) is 1. The number of hydrogen-bond acceptors (Lipinski definition) is 3. The summed E-state index contributed by atoms with van der Waals surface area (Å²) in [6.07, 6.45) is -4.55. The zero-order valence-corrected chi connectivity index (χ0v) is 9.58. The molecular formula is C12H11F3N2O. The van der Waals surface area contributed by atoms with Crippen molar-refractivity contribution in [3.05, 3.63) is 41.1 Å². The molecule has 1 aromatic heterocycles. The van der Waals surface area contributed by atoms with Crippen LogP contribution in [-0.4, -0.2) is 5.16 Å². The van der Waals surface area contributed by atoms with Gasteiger partial charge in [-0.25, -0.2) is 0 Å². The van der Waals surface area contributed by atoms with Gasteiger partial charge >= 0.3 is 6.18 Å². The average molecular weight is 256 g/mol. The van der Waals surface area contributed by atoms with Gasteiger partial charge in [0.05, 0.1) is 0 Å². The van der Waals surface area contributed by atoms with Crippen LogP contribution in [0.3, 0.4) is 0 Å². The van der Waals surface area contributed by atoms with Crippen molar-refractivity contribution >= 4 is 0 Å². The first-order chi connectivity index (χ1) is 8.43. The molecule has 3 nitrogen and oxygen atoms in total. The minimum Gasteiger partial charge on any atom is -0.355 e. The Kier molecular flexibility index (Phi) is 3.13. The molecule has 96 valence electrons. The molecule has 0 aliphatic carbocycles. The van der Waals surface area contributed by atoms with E-state index in [9.17, 15) is 13.2 Å². The maximum atomic E-state index is 12.7.